The number of carbonyl (C=O) groups excluding carboxylic acids is 3. The van der Waals surface area contributed by atoms with E-state index in [0.29, 0.717) is 36.9 Å². The summed E-state index contributed by atoms with van der Waals surface area (Å²) in [4.78, 5) is 40.0. The van der Waals surface area contributed by atoms with Crippen LogP contribution in [0.15, 0.2) is 24.3 Å². The van der Waals surface area contributed by atoms with E-state index in [1.165, 1.54) is 4.90 Å². The number of hydrogen-bond donors (Lipinski definition) is 0. The third kappa shape index (κ3) is 6.12. The molecule has 1 saturated heterocycles. The van der Waals surface area contributed by atoms with Gasteiger partial charge in [0.1, 0.15) is 5.75 Å². The Morgan fingerprint density at radius 1 is 1.36 bits per heavy atom. The Labute approximate surface area is 170 Å². The van der Waals surface area contributed by atoms with Gasteiger partial charge in [-0.05, 0) is 44.9 Å². The van der Waals surface area contributed by atoms with E-state index in [2.05, 4.69) is 0 Å². The average molecular weight is 411 g/mol. The van der Waals surface area contributed by atoms with Crippen molar-refractivity contribution >= 4 is 29.4 Å². The average Bonchev–Trinajstić information content (AvgIpc) is 2.67. The summed E-state index contributed by atoms with van der Waals surface area (Å²) in [7, 11) is 1.56. The van der Waals surface area contributed by atoms with E-state index >= 15 is 0 Å². The molecular weight excluding hydrogens is 384 g/mol. The molecule has 1 aromatic carbocycles. The maximum Gasteiger partial charge on any atom is 0.310 e. The molecule has 8 heteroatoms. The number of carbonyl (C=O) groups is 3. The molecule has 0 spiro atoms. The first-order chi connectivity index (χ1) is 13.3. The number of likely N-dealkylation sites (N-methyl/N-ethyl adjacent to an activating group) is 1. The fourth-order valence-electron chi connectivity index (χ4n) is 3.14. The number of hydrogen-bond acceptors (Lipinski definition) is 5. The topological polar surface area (TPSA) is 76.2 Å². The van der Waals surface area contributed by atoms with Gasteiger partial charge in [0.25, 0.3) is 5.91 Å². The lowest BCUT2D eigenvalue weighted by molar-refractivity contribution is -0.152. The molecular formula is C20H27ClN2O5. The summed E-state index contributed by atoms with van der Waals surface area (Å²) in [6.45, 7) is 4.54. The number of halogens is 1. The Balaban J connectivity index is 1.88. The number of likely N-dealkylation sites (tertiary alicyclic amines) is 1. The predicted molar refractivity (Wildman–Crippen MR) is 105 cm³/mol. The minimum atomic E-state index is -0.759. The van der Waals surface area contributed by atoms with Crippen LogP contribution < -0.4 is 4.74 Å². The minimum absolute atomic E-state index is 0.0718. The number of esters is 1. The largest absolute Gasteiger partial charge is 0.481 e. The molecule has 1 aromatic rings. The molecule has 0 radical (unpaired) electrons. The number of nitrogens with zero attached hydrogens (tertiary/aromatic N) is 2. The lowest BCUT2D eigenvalue weighted by Crippen LogP contribution is -2.48. The molecule has 1 heterocycles. The quantitative estimate of drug-likeness (QED) is 0.645. The second-order valence-corrected chi connectivity index (χ2v) is 7.28. The number of benzene rings is 1. The molecule has 0 saturated carbocycles. The van der Waals surface area contributed by atoms with Crippen LogP contribution in [0.25, 0.3) is 0 Å². The van der Waals surface area contributed by atoms with Gasteiger partial charge in [-0.25, -0.2) is 0 Å². The van der Waals surface area contributed by atoms with Crippen LogP contribution >= 0.6 is 11.6 Å². The van der Waals surface area contributed by atoms with Gasteiger partial charge in [-0.1, -0.05) is 17.7 Å². The van der Waals surface area contributed by atoms with Crippen molar-refractivity contribution in [3.05, 3.63) is 29.3 Å². The Kier molecular flexibility index (Phi) is 8.11. The molecule has 2 atom stereocenters. The summed E-state index contributed by atoms with van der Waals surface area (Å²) in [5, 5.41) is 0.516. The Hall–Kier alpha value is -2.28. The normalized spacial score (nSPS) is 17.6. The van der Waals surface area contributed by atoms with Crippen LogP contribution in [0.2, 0.25) is 5.02 Å². The van der Waals surface area contributed by atoms with E-state index in [-0.39, 0.29) is 30.2 Å². The van der Waals surface area contributed by atoms with Crippen molar-refractivity contribution in [3.8, 4) is 5.75 Å². The van der Waals surface area contributed by atoms with Gasteiger partial charge in [0.2, 0.25) is 5.91 Å². The van der Waals surface area contributed by atoms with Crippen LogP contribution in [-0.4, -0.2) is 67.0 Å². The van der Waals surface area contributed by atoms with Gasteiger partial charge in [0, 0.05) is 25.2 Å². The van der Waals surface area contributed by atoms with Crippen molar-refractivity contribution < 1.29 is 23.9 Å². The molecule has 154 valence electrons. The smallest absolute Gasteiger partial charge is 0.310 e. The summed E-state index contributed by atoms with van der Waals surface area (Å²) in [6.07, 6.45) is 0.688. The highest BCUT2D eigenvalue weighted by molar-refractivity contribution is 6.30. The van der Waals surface area contributed by atoms with Crippen molar-refractivity contribution in [2.24, 2.45) is 5.92 Å². The Bertz CT molecular complexity index is 712. The van der Waals surface area contributed by atoms with Gasteiger partial charge in [-0.3, -0.25) is 14.4 Å². The molecule has 1 fully saturated rings. The third-order valence-corrected chi connectivity index (χ3v) is 4.83. The molecule has 28 heavy (non-hydrogen) atoms. The molecule has 1 aliphatic rings. The molecule has 0 bridgehead atoms. The summed E-state index contributed by atoms with van der Waals surface area (Å²) in [6, 6.07) is 6.79. The highest BCUT2D eigenvalue weighted by Crippen LogP contribution is 2.20. The van der Waals surface area contributed by atoms with E-state index in [4.69, 9.17) is 21.1 Å². The second-order valence-electron chi connectivity index (χ2n) is 6.84. The minimum Gasteiger partial charge on any atom is -0.481 e. The first-order valence-electron chi connectivity index (χ1n) is 9.43. The number of ether oxygens (including phenoxy) is 2. The van der Waals surface area contributed by atoms with E-state index in [1.807, 2.05) is 0 Å². The number of amides is 2. The predicted octanol–water partition coefficient (Wildman–Crippen LogP) is 2.37. The summed E-state index contributed by atoms with van der Waals surface area (Å²) in [5.41, 5.74) is 0. The maximum absolute atomic E-state index is 12.6. The first kappa shape index (κ1) is 22.0. The van der Waals surface area contributed by atoms with Gasteiger partial charge in [-0.2, -0.15) is 0 Å². The molecule has 2 amide bonds. The molecule has 7 nitrogen and oxygen atoms in total. The standard InChI is InChI=1S/C20H27ClN2O5/c1-4-27-20(26)15-7-6-10-23(12-15)18(24)13-22(3)19(25)14(2)28-17-9-5-8-16(21)11-17/h5,8-9,11,14-15H,4,6-7,10,12-13H2,1-3H3. The van der Waals surface area contributed by atoms with Gasteiger partial charge < -0.3 is 19.3 Å². The van der Waals surface area contributed by atoms with Crippen LogP contribution in [0, 0.1) is 5.92 Å². The fraction of sp³-hybridized carbons (Fsp3) is 0.550. The van der Waals surface area contributed by atoms with Crippen molar-refractivity contribution in [2.45, 2.75) is 32.8 Å². The summed E-state index contributed by atoms with van der Waals surface area (Å²) < 4.78 is 10.7. The SMILES string of the molecule is CCOC(=O)C1CCCN(C(=O)CN(C)C(=O)C(C)Oc2cccc(Cl)c2)C1. The van der Waals surface area contributed by atoms with E-state index < -0.39 is 6.10 Å². The first-order valence-corrected chi connectivity index (χ1v) is 9.81. The summed E-state index contributed by atoms with van der Waals surface area (Å²) >= 11 is 5.92. The van der Waals surface area contributed by atoms with Gasteiger partial charge >= 0.3 is 5.97 Å². The highest BCUT2D eigenvalue weighted by atomic mass is 35.5. The molecule has 0 aliphatic carbocycles. The van der Waals surface area contributed by atoms with E-state index in [1.54, 1.807) is 50.1 Å². The Morgan fingerprint density at radius 2 is 2.11 bits per heavy atom. The lowest BCUT2D eigenvalue weighted by atomic mass is 9.98. The molecule has 1 aliphatic heterocycles. The zero-order valence-corrected chi connectivity index (χ0v) is 17.3. The summed E-state index contributed by atoms with van der Waals surface area (Å²) in [5.74, 6) is -0.592. The number of rotatable bonds is 7. The van der Waals surface area contributed by atoms with Crippen LogP contribution in [0.4, 0.5) is 0 Å². The van der Waals surface area contributed by atoms with Crippen molar-refractivity contribution in [3.63, 3.8) is 0 Å². The molecule has 0 N–H and O–H groups in total. The fourth-order valence-corrected chi connectivity index (χ4v) is 3.32. The zero-order chi connectivity index (χ0) is 20.7. The van der Waals surface area contributed by atoms with Gasteiger partial charge in [0.05, 0.1) is 19.1 Å². The van der Waals surface area contributed by atoms with Gasteiger partial charge in [0.15, 0.2) is 6.10 Å². The van der Waals surface area contributed by atoms with Crippen LogP contribution in [0.3, 0.4) is 0 Å². The maximum atomic E-state index is 12.6. The lowest BCUT2D eigenvalue weighted by Gasteiger charge is -2.33. The Morgan fingerprint density at radius 3 is 2.79 bits per heavy atom. The van der Waals surface area contributed by atoms with Crippen LogP contribution in [0.5, 0.6) is 5.75 Å². The van der Waals surface area contributed by atoms with Gasteiger partial charge in [-0.15, -0.1) is 0 Å². The molecule has 2 rings (SSSR count). The zero-order valence-electron chi connectivity index (χ0n) is 16.5. The second kappa shape index (κ2) is 10.3. The van der Waals surface area contributed by atoms with Crippen LogP contribution in [-0.2, 0) is 19.1 Å². The third-order valence-electron chi connectivity index (χ3n) is 4.60. The van der Waals surface area contributed by atoms with Crippen LogP contribution in [0.1, 0.15) is 26.7 Å². The monoisotopic (exact) mass is 410 g/mol. The van der Waals surface area contributed by atoms with Crippen molar-refractivity contribution in [2.75, 3.05) is 33.3 Å². The highest BCUT2D eigenvalue weighted by Gasteiger charge is 2.30. The van der Waals surface area contributed by atoms with Crippen molar-refractivity contribution in [1.82, 2.24) is 9.80 Å². The molecule has 0 aromatic heterocycles. The van der Waals surface area contributed by atoms with E-state index in [9.17, 15) is 14.4 Å². The van der Waals surface area contributed by atoms with Crippen molar-refractivity contribution in [1.29, 1.82) is 0 Å². The van der Waals surface area contributed by atoms with E-state index in [0.717, 1.165) is 6.42 Å². The molecule has 2 unspecified atom stereocenters. The number of piperidine rings is 1.